The number of para-hydroxylation sites is 1. The summed E-state index contributed by atoms with van der Waals surface area (Å²) < 4.78 is 7.67. The lowest BCUT2D eigenvalue weighted by Gasteiger charge is -2.28. The molecule has 0 unspecified atom stereocenters. The van der Waals surface area contributed by atoms with Crippen molar-refractivity contribution < 1.29 is 9.53 Å². The molecule has 178 valence electrons. The summed E-state index contributed by atoms with van der Waals surface area (Å²) in [4.78, 5) is 19.6. The van der Waals surface area contributed by atoms with Crippen molar-refractivity contribution in [2.45, 2.75) is 17.0 Å². The minimum atomic E-state index is -0.223. The number of benzene rings is 3. The third kappa shape index (κ3) is 5.90. The summed E-state index contributed by atoms with van der Waals surface area (Å²) in [7, 11) is 0. The Hall–Kier alpha value is -3.20. The molecule has 0 saturated carbocycles. The van der Waals surface area contributed by atoms with Gasteiger partial charge in [0.05, 0.1) is 29.1 Å². The highest BCUT2D eigenvalue weighted by atomic mass is 32.2. The molecule has 35 heavy (non-hydrogen) atoms. The van der Waals surface area contributed by atoms with Gasteiger partial charge >= 0.3 is 0 Å². The molecule has 1 aliphatic rings. The average molecular weight is 503 g/mol. The number of anilines is 1. The zero-order chi connectivity index (χ0) is 24.0. The summed E-state index contributed by atoms with van der Waals surface area (Å²) >= 11 is 3.42. The average Bonchev–Trinajstić information content (AvgIpc) is 3.34. The molecule has 0 aliphatic carbocycles. The van der Waals surface area contributed by atoms with E-state index in [1.807, 2.05) is 61.5 Å². The van der Waals surface area contributed by atoms with Crippen molar-refractivity contribution in [1.82, 2.24) is 10.4 Å². The summed E-state index contributed by atoms with van der Waals surface area (Å²) in [6.45, 7) is 5.23. The SMILES string of the molecule is C/C(=N\NC(=O)c1ccc(CSc2nc3ccccc3s2)cc1)c1ccc(N2CCOCC2)cc1. The molecule has 1 N–H and O–H groups in total. The fourth-order valence-corrected chi connectivity index (χ4v) is 5.83. The number of morpholine rings is 1. The largest absolute Gasteiger partial charge is 0.378 e. The zero-order valence-corrected chi connectivity index (χ0v) is 21.1. The molecule has 1 aliphatic heterocycles. The normalized spacial score (nSPS) is 14.3. The molecule has 2 heterocycles. The highest BCUT2D eigenvalue weighted by Gasteiger charge is 2.11. The van der Waals surface area contributed by atoms with Gasteiger partial charge in [0.25, 0.3) is 5.91 Å². The van der Waals surface area contributed by atoms with E-state index in [4.69, 9.17) is 4.74 Å². The molecule has 1 amide bonds. The van der Waals surface area contributed by atoms with E-state index < -0.39 is 0 Å². The fraction of sp³-hybridized carbons (Fsp3) is 0.222. The first-order valence-electron chi connectivity index (χ1n) is 11.5. The molecule has 0 atom stereocenters. The van der Waals surface area contributed by atoms with Crippen LogP contribution in [0.25, 0.3) is 10.2 Å². The second kappa shape index (κ2) is 11.0. The van der Waals surface area contributed by atoms with E-state index in [-0.39, 0.29) is 5.91 Å². The van der Waals surface area contributed by atoms with Gasteiger partial charge in [-0.3, -0.25) is 4.79 Å². The summed E-state index contributed by atoms with van der Waals surface area (Å²) in [5, 5.41) is 4.30. The van der Waals surface area contributed by atoms with Crippen molar-refractivity contribution >= 4 is 50.6 Å². The monoisotopic (exact) mass is 502 g/mol. The number of aromatic nitrogens is 1. The van der Waals surface area contributed by atoms with E-state index in [9.17, 15) is 4.79 Å². The van der Waals surface area contributed by atoms with Crippen molar-refractivity contribution in [2.24, 2.45) is 5.10 Å². The summed E-state index contributed by atoms with van der Waals surface area (Å²) in [5.74, 6) is 0.582. The lowest BCUT2D eigenvalue weighted by molar-refractivity contribution is 0.0955. The van der Waals surface area contributed by atoms with E-state index in [0.717, 1.165) is 58.8 Å². The molecule has 6 nitrogen and oxygen atoms in total. The van der Waals surface area contributed by atoms with Gasteiger partial charge in [-0.15, -0.1) is 11.3 Å². The molecule has 1 aromatic heterocycles. The minimum absolute atomic E-state index is 0.223. The summed E-state index contributed by atoms with van der Waals surface area (Å²) in [5.41, 5.74) is 8.35. The molecule has 0 spiro atoms. The van der Waals surface area contributed by atoms with E-state index in [2.05, 4.69) is 38.6 Å². The van der Waals surface area contributed by atoms with Gasteiger partial charge in [0.15, 0.2) is 4.34 Å². The quantitative estimate of drug-likeness (QED) is 0.203. The van der Waals surface area contributed by atoms with Crippen LogP contribution in [0.2, 0.25) is 0 Å². The number of thiazole rings is 1. The third-order valence-electron chi connectivity index (χ3n) is 5.84. The second-order valence-electron chi connectivity index (χ2n) is 8.22. The van der Waals surface area contributed by atoms with Crippen molar-refractivity contribution in [3.63, 3.8) is 0 Å². The van der Waals surface area contributed by atoms with E-state index >= 15 is 0 Å². The predicted octanol–water partition coefficient (Wildman–Crippen LogP) is 5.58. The number of amides is 1. The highest BCUT2D eigenvalue weighted by molar-refractivity contribution is 8.00. The van der Waals surface area contributed by atoms with Crippen molar-refractivity contribution in [2.75, 3.05) is 31.2 Å². The van der Waals surface area contributed by atoms with Crippen LogP contribution in [0, 0.1) is 0 Å². The lowest BCUT2D eigenvalue weighted by atomic mass is 10.1. The van der Waals surface area contributed by atoms with Gasteiger partial charge in [-0.05, 0) is 54.4 Å². The predicted molar refractivity (Wildman–Crippen MR) is 145 cm³/mol. The Bertz CT molecular complexity index is 1290. The van der Waals surface area contributed by atoms with Gasteiger partial charge in [0.1, 0.15) is 0 Å². The number of rotatable bonds is 7. The fourth-order valence-electron chi connectivity index (χ4n) is 3.81. The molecular formula is C27H26N4O2S2. The van der Waals surface area contributed by atoms with Crippen LogP contribution in [-0.2, 0) is 10.5 Å². The van der Waals surface area contributed by atoms with Crippen LogP contribution < -0.4 is 10.3 Å². The number of thioether (sulfide) groups is 1. The van der Waals surface area contributed by atoms with Crippen LogP contribution in [-0.4, -0.2) is 42.9 Å². The van der Waals surface area contributed by atoms with Gasteiger partial charge in [-0.2, -0.15) is 5.10 Å². The first-order valence-corrected chi connectivity index (χ1v) is 13.3. The van der Waals surface area contributed by atoms with E-state index in [1.165, 1.54) is 10.4 Å². The number of nitrogens with zero attached hydrogens (tertiary/aromatic N) is 3. The van der Waals surface area contributed by atoms with Gasteiger partial charge in [0.2, 0.25) is 0 Å². The molecule has 8 heteroatoms. The summed E-state index contributed by atoms with van der Waals surface area (Å²) in [6, 6.07) is 24.1. The van der Waals surface area contributed by atoms with E-state index in [1.54, 1.807) is 23.1 Å². The maximum atomic E-state index is 12.6. The van der Waals surface area contributed by atoms with Gasteiger partial charge in [-0.25, -0.2) is 10.4 Å². The Balaban J connectivity index is 1.15. The van der Waals surface area contributed by atoms with Crippen molar-refractivity contribution in [3.05, 3.63) is 89.5 Å². The van der Waals surface area contributed by atoms with Crippen LogP contribution >= 0.6 is 23.1 Å². The van der Waals surface area contributed by atoms with Crippen LogP contribution in [0.5, 0.6) is 0 Å². The van der Waals surface area contributed by atoms with Crippen LogP contribution in [0.3, 0.4) is 0 Å². The highest BCUT2D eigenvalue weighted by Crippen LogP contribution is 2.31. The maximum Gasteiger partial charge on any atom is 0.271 e. The van der Waals surface area contributed by atoms with Crippen molar-refractivity contribution in [1.29, 1.82) is 0 Å². The second-order valence-corrected chi connectivity index (χ2v) is 10.5. The summed E-state index contributed by atoms with van der Waals surface area (Å²) in [6.07, 6.45) is 0. The van der Waals surface area contributed by atoms with Crippen molar-refractivity contribution in [3.8, 4) is 0 Å². The number of hydrogen-bond acceptors (Lipinski definition) is 7. The number of carbonyl (C=O) groups excluding carboxylic acids is 1. The Morgan fingerprint density at radius 2 is 1.74 bits per heavy atom. The number of hydrazone groups is 1. The molecular weight excluding hydrogens is 476 g/mol. The molecule has 1 saturated heterocycles. The number of fused-ring (bicyclic) bond motifs is 1. The smallest absolute Gasteiger partial charge is 0.271 e. The van der Waals surface area contributed by atoms with Crippen LogP contribution in [0.15, 0.2) is 82.2 Å². The molecule has 3 aromatic carbocycles. The first-order chi connectivity index (χ1) is 17.2. The lowest BCUT2D eigenvalue weighted by Crippen LogP contribution is -2.36. The number of ether oxygens (including phenoxy) is 1. The molecule has 0 radical (unpaired) electrons. The number of carbonyl (C=O) groups is 1. The first kappa shape index (κ1) is 23.5. The Morgan fingerprint density at radius 3 is 2.49 bits per heavy atom. The van der Waals surface area contributed by atoms with Gasteiger partial charge < -0.3 is 9.64 Å². The van der Waals surface area contributed by atoms with Gasteiger partial charge in [-0.1, -0.05) is 48.2 Å². The standard InChI is InChI=1S/C27H26N4O2S2/c1-19(21-10-12-23(13-11-21)31-14-16-33-17-15-31)29-30-26(32)22-8-6-20(7-9-22)18-34-27-28-24-4-2-3-5-25(24)35-27/h2-13H,14-18H2,1H3,(H,30,32)/b29-19+. The zero-order valence-electron chi connectivity index (χ0n) is 19.4. The molecule has 1 fully saturated rings. The van der Waals surface area contributed by atoms with Crippen LogP contribution in [0.4, 0.5) is 5.69 Å². The molecule has 4 aromatic rings. The Labute approximate surface area is 213 Å². The van der Waals surface area contributed by atoms with Crippen LogP contribution in [0.1, 0.15) is 28.4 Å². The minimum Gasteiger partial charge on any atom is -0.378 e. The van der Waals surface area contributed by atoms with Gasteiger partial charge in [0, 0.05) is 30.1 Å². The Kier molecular flexibility index (Phi) is 7.42. The maximum absolute atomic E-state index is 12.6. The third-order valence-corrected chi connectivity index (χ3v) is 8.09. The Morgan fingerprint density at radius 1 is 1.03 bits per heavy atom. The van der Waals surface area contributed by atoms with E-state index in [0.29, 0.717) is 5.56 Å². The molecule has 0 bridgehead atoms. The topological polar surface area (TPSA) is 66.8 Å². The number of hydrogen-bond donors (Lipinski definition) is 1. The number of nitrogens with one attached hydrogen (secondary N) is 1. The molecule has 5 rings (SSSR count).